The Balaban J connectivity index is 1.62. The maximum atomic E-state index is 13.7. The van der Waals surface area contributed by atoms with E-state index in [0.717, 1.165) is 18.9 Å². The first kappa shape index (κ1) is 24.1. The van der Waals surface area contributed by atoms with Gasteiger partial charge < -0.3 is 20.3 Å². The Morgan fingerprint density at radius 2 is 2.03 bits per heavy atom. The predicted molar refractivity (Wildman–Crippen MR) is 115 cm³/mol. The number of hydrogen-bond donors (Lipinski definition) is 2. The molecule has 1 aromatic rings. The van der Waals surface area contributed by atoms with Crippen LogP contribution in [-0.2, 0) is 20.5 Å². The van der Waals surface area contributed by atoms with Gasteiger partial charge in [0.25, 0.3) is 5.91 Å². The van der Waals surface area contributed by atoms with Gasteiger partial charge >= 0.3 is 12.2 Å². The predicted octanol–water partition coefficient (Wildman–Crippen LogP) is 2.57. The van der Waals surface area contributed by atoms with Crippen LogP contribution in [0.5, 0.6) is 0 Å². The number of benzene rings is 1. The first-order valence-electron chi connectivity index (χ1n) is 11.3. The number of rotatable bonds is 6. The summed E-state index contributed by atoms with van der Waals surface area (Å²) in [6.45, 7) is 4.41. The zero-order valence-electron chi connectivity index (χ0n) is 18.9. The molecule has 0 aromatic heterocycles. The number of amides is 4. The highest BCUT2D eigenvalue weighted by atomic mass is 19.4. The van der Waals surface area contributed by atoms with Crippen molar-refractivity contribution in [1.82, 2.24) is 20.4 Å². The average Bonchev–Trinajstić information content (AvgIpc) is 3.44. The third-order valence-electron chi connectivity index (χ3n) is 6.52. The van der Waals surface area contributed by atoms with Crippen LogP contribution in [-0.4, -0.2) is 66.0 Å². The van der Waals surface area contributed by atoms with E-state index >= 15 is 0 Å². The van der Waals surface area contributed by atoms with Gasteiger partial charge in [-0.25, -0.2) is 4.79 Å². The summed E-state index contributed by atoms with van der Waals surface area (Å²) >= 11 is 0. The maximum Gasteiger partial charge on any atom is 0.416 e. The quantitative estimate of drug-likeness (QED) is 0.655. The van der Waals surface area contributed by atoms with Crippen LogP contribution in [0.1, 0.15) is 43.9 Å². The topological polar surface area (TPSA) is 91.0 Å². The first-order valence-corrected chi connectivity index (χ1v) is 11.3. The zero-order valence-corrected chi connectivity index (χ0v) is 18.9. The summed E-state index contributed by atoms with van der Waals surface area (Å²) in [7, 11) is 0. The summed E-state index contributed by atoms with van der Waals surface area (Å²) in [5.41, 5.74) is -0.767. The van der Waals surface area contributed by atoms with Crippen LogP contribution in [0.3, 0.4) is 0 Å². The van der Waals surface area contributed by atoms with Gasteiger partial charge in [0, 0.05) is 19.7 Å². The van der Waals surface area contributed by atoms with E-state index in [1.165, 1.54) is 28.0 Å². The Bertz CT molecular complexity index is 1020. The molecule has 3 aliphatic rings. The van der Waals surface area contributed by atoms with E-state index in [2.05, 4.69) is 10.6 Å². The molecule has 1 fully saturated rings. The number of hydrogen-bond acceptors (Lipinski definition) is 4. The number of alkyl halides is 3. The Labute approximate surface area is 195 Å². The minimum atomic E-state index is -4.67. The molecule has 4 rings (SSSR count). The Kier molecular flexibility index (Phi) is 6.57. The highest BCUT2D eigenvalue weighted by Crippen LogP contribution is 2.41. The minimum Gasteiger partial charge on any atom is -0.376 e. The van der Waals surface area contributed by atoms with Gasteiger partial charge in [-0.05, 0) is 38.3 Å². The van der Waals surface area contributed by atoms with Crippen molar-refractivity contribution in [2.24, 2.45) is 0 Å². The molecule has 3 atom stereocenters. The standard InChI is InChI=1S/C23H27F3N4O4/c1-3-29-17-12-30(13(2)20(31)27-11-14-7-6-10-34-14)21(32)18(17)19(28-22(29)33)15-8-4-5-9-16(15)23(24,25)26/h4-5,8-9,13-14,19H,3,6-7,10-12H2,1-2H3,(H,27,31)(H,28,33)/t13-,14-,19-/m1/s1. The molecule has 0 spiro atoms. The van der Waals surface area contributed by atoms with E-state index in [4.69, 9.17) is 4.74 Å². The van der Waals surface area contributed by atoms with E-state index < -0.39 is 41.7 Å². The Hall–Kier alpha value is -3.08. The second kappa shape index (κ2) is 9.28. The van der Waals surface area contributed by atoms with Crippen LogP contribution in [0, 0.1) is 0 Å². The molecule has 0 bridgehead atoms. The lowest BCUT2D eigenvalue weighted by atomic mass is 9.91. The number of likely N-dealkylation sites (N-methyl/N-ethyl adjacent to an activating group) is 1. The summed E-state index contributed by atoms with van der Waals surface area (Å²) in [6, 6.07) is 2.12. The number of carbonyl (C=O) groups excluding carboxylic acids is 3. The van der Waals surface area contributed by atoms with E-state index in [1.807, 2.05) is 0 Å². The third kappa shape index (κ3) is 4.36. The lowest BCUT2D eigenvalue weighted by Crippen LogP contribution is -2.48. The van der Waals surface area contributed by atoms with E-state index in [1.54, 1.807) is 13.8 Å². The van der Waals surface area contributed by atoms with Gasteiger partial charge in [0.2, 0.25) is 5.91 Å². The van der Waals surface area contributed by atoms with Crippen LogP contribution >= 0.6 is 0 Å². The zero-order chi connectivity index (χ0) is 24.6. The molecular weight excluding hydrogens is 453 g/mol. The monoisotopic (exact) mass is 480 g/mol. The third-order valence-corrected chi connectivity index (χ3v) is 6.52. The molecule has 8 nitrogen and oxygen atoms in total. The van der Waals surface area contributed by atoms with Crippen molar-refractivity contribution in [3.05, 3.63) is 46.7 Å². The van der Waals surface area contributed by atoms with Crippen LogP contribution in [0.25, 0.3) is 0 Å². The molecule has 3 aliphatic heterocycles. The number of carbonyl (C=O) groups is 3. The summed E-state index contributed by atoms with van der Waals surface area (Å²) in [4.78, 5) is 41.6. The van der Waals surface area contributed by atoms with Crippen molar-refractivity contribution >= 4 is 17.8 Å². The van der Waals surface area contributed by atoms with Crippen LogP contribution in [0.15, 0.2) is 35.5 Å². The molecule has 4 amide bonds. The van der Waals surface area contributed by atoms with Crippen LogP contribution in [0.2, 0.25) is 0 Å². The van der Waals surface area contributed by atoms with Gasteiger partial charge in [0.15, 0.2) is 0 Å². The fraction of sp³-hybridized carbons (Fsp3) is 0.522. The van der Waals surface area contributed by atoms with Gasteiger partial charge in [-0.1, -0.05) is 18.2 Å². The van der Waals surface area contributed by atoms with Crippen molar-refractivity contribution in [1.29, 1.82) is 0 Å². The fourth-order valence-corrected chi connectivity index (χ4v) is 4.71. The molecule has 0 radical (unpaired) electrons. The number of urea groups is 1. The summed E-state index contributed by atoms with van der Waals surface area (Å²) in [5, 5.41) is 5.35. The van der Waals surface area contributed by atoms with Gasteiger partial charge in [-0.2, -0.15) is 13.2 Å². The molecule has 1 saturated heterocycles. The highest BCUT2D eigenvalue weighted by molar-refractivity contribution is 6.03. The summed E-state index contributed by atoms with van der Waals surface area (Å²) < 4.78 is 46.6. The number of nitrogens with one attached hydrogen (secondary N) is 2. The smallest absolute Gasteiger partial charge is 0.376 e. The second-order valence-corrected chi connectivity index (χ2v) is 8.56. The minimum absolute atomic E-state index is 0.0470. The van der Waals surface area contributed by atoms with Gasteiger partial charge in [0.05, 0.1) is 35.5 Å². The second-order valence-electron chi connectivity index (χ2n) is 8.56. The molecule has 2 N–H and O–H groups in total. The number of ether oxygens (including phenoxy) is 1. The normalized spacial score (nSPS) is 23.8. The Morgan fingerprint density at radius 1 is 1.29 bits per heavy atom. The molecule has 3 heterocycles. The Morgan fingerprint density at radius 3 is 2.68 bits per heavy atom. The van der Waals surface area contributed by atoms with Crippen LogP contribution in [0.4, 0.5) is 18.0 Å². The highest BCUT2D eigenvalue weighted by Gasteiger charge is 2.47. The number of halogens is 3. The first-order chi connectivity index (χ1) is 16.1. The maximum absolute atomic E-state index is 13.7. The van der Waals surface area contributed by atoms with E-state index in [-0.39, 0.29) is 30.3 Å². The molecule has 11 heteroatoms. The molecule has 34 heavy (non-hydrogen) atoms. The van der Waals surface area contributed by atoms with Crippen LogP contribution < -0.4 is 10.6 Å². The molecule has 184 valence electrons. The summed E-state index contributed by atoms with van der Waals surface area (Å²) in [6.07, 6.45) is -2.98. The van der Waals surface area contributed by atoms with Gasteiger partial charge in [0.1, 0.15) is 6.04 Å². The molecule has 0 unspecified atom stereocenters. The average molecular weight is 480 g/mol. The molecular formula is C23H27F3N4O4. The molecule has 1 aromatic carbocycles. The largest absolute Gasteiger partial charge is 0.416 e. The lowest BCUT2D eigenvalue weighted by Gasteiger charge is -2.33. The van der Waals surface area contributed by atoms with Gasteiger partial charge in [-0.3, -0.25) is 14.5 Å². The van der Waals surface area contributed by atoms with Crippen molar-refractivity contribution in [2.45, 2.75) is 51.1 Å². The van der Waals surface area contributed by atoms with E-state index in [9.17, 15) is 27.6 Å². The molecule has 0 saturated carbocycles. The molecule has 0 aliphatic carbocycles. The number of nitrogens with zero attached hydrogens (tertiary/aromatic N) is 2. The van der Waals surface area contributed by atoms with Crippen molar-refractivity contribution in [2.75, 3.05) is 26.2 Å². The van der Waals surface area contributed by atoms with Crippen molar-refractivity contribution < 1.29 is 32.3 Å². The van der Waals surface area contributed by atoms with Crippen molar-refractivity contribution in [3.8, 4) is 0 Å². The van der Waals surface area contributed by atoms with Gasteiger partial charge in [-0.15, -0.1) is 0 Å². The van der Waals surface area contributed by atoms with E-state index in [0.29, 0.717) is 18.8 Å². The lowest BCUT2D eigenvalue weighted by molar-refractivity contribution is -0.138. The fourth-order valence-electron chi connectivity index (χ4n) is 4.71. The summed E-state index contributed by atoms with van der Waals surface area (Å²) in [5.74, 6) is -0.964. The van der Waals surface area contributed by atoms with Crippen molar-refractivity contribution in [3.63, 3.8) is 0 Å². The SMILES string of the molecule is CCN1C(=O)N[C@H](c2ccccc2C(F)(F)F)C2=C1CN([C@H](C)C(=O)NC[C@H]1CCCO1)C2=O.